The van der Waals surface area contributed by atoms with E-state index in [4.69, 9.17) is 4.98 Å². The molecule has 2 aromatic heterocycles. The summed E-state index contributed by atoms with van der Waals surface area (Å²) in [6, 6.07) is 4.73. The van der Waals surface area contributed by atoms with Crippen LogP contribution in [0.15, 0.2) is 29.1 Å². The lowest BCUT2D eigenvalue weighted by atomic mass is 9.84. The normalized spacial score (nSPS) is 18.9. The Morgan fingerprint density at radius 1 is 1.26 bits per heavy atom. The minimum absolute atomic E-state index is 0.0147. The fourth-order valence-corrected chi connectivity index (χ4v) is 6.05. The van der Waals surface area contributed by atoms with Gasteiger partial charge in [0.05, 0.1) is 40.0 Å². The Hall–Kier alpha value is -3.88. The van der Waals surface area contributed by atoms with Gasteiger partial charge in [0.1, 0.15) is 11.6 Å². The molecule has 2 aliphatic rings. The number of aromatic nitrogens is 2. The standard InChI is InChI=1S/C32H36F3N5O3/c1-18(22-8-5-9-24(27(22)33)29(34)35)37-30-25-17-26(32(43)12-15-40(16-13-32)20(3)41)31(42)39(4)28(25)23(19(2)38-30)11-10-21-7-6-14-36-21/h5,8-9,17-18,21,29,36,43H,6-7,12-16H2,1-4H3,(H,37,38)/t18-,21+/m1/s1. The first-order valence-corrected chi connectivity index (χ1v) is 14.5. The van der Waals surface area contributed by atoms with Gasteiger partial charge in [0.25, 0.3) is 12.0 Å². The predicted octanol–water partition coefficient (Wildman–Crippen LogP) is 4.43. The number of piperidine rings is 1. The number of aliphatic hydroxyl groups is 1. The highest BCUT2D eigenvalue weighted by atomic mass is 19.3. The maximum Gasteiger partial charge on any atom is 0.266 e. The average molecular weight is 596 g/mol. The van der Waals surface area contributed by atoms with Gasteiger partial charge in [-0.2, -0.15) is 0 Å². The molecular formula is C32H36F3N5O3. The van der Waals surface area contributed by atoms with E-state index in [2.05, 4.69) is 22.5 Å². The Balaban J connectivity index is 1.66. The molecule has 0 radical (unpaired) electrons. The molecule has 3 N–H and O–H groups in total. The number of halogens is 3. The average Bonchev–Trinajstić information content (AvgIpc) is 3.48. The molecule has 1 amide bonds. The molecule has 2 aliphatic heterocycles. The van der Waals surface area contributed by atoms with Gasteiger partial charge in [-0.3, -0.25) is 9.59 Å². The summed E-state index contributed by atoms with van der Waals surface area (Å²) >= 11 is 0. The van der Waals surface area contributed by atoms with E-state index in [0.717, 1.165) is 25.5 Å². The molecular weight excluding hydrogens is 559 g/mol. The molecule has 3 aromatic rings. The lowest BCUT2D eigenvalue weighted by molar-refractivity contribution is -0.133. The minimum Gasteiger partial charge on any atom is -0.385 e. The van der Waals surface area contributed by atoms with Crippen LogP contribution in [0, 0.1) is 24.6 Å². The van der Waals surface area contributed by atoms with Crippen molar-refractivity contribution < 1.29 is 23.1 Å². The number of aryl methyl sites for hydroxylation is 2. The molecule has 2 saturated heterocycles. The van der Waals surface area contributed by atoms with Gasteiger partial charge in [-0.15, -0.1) is 0 Å². The van der Waals surface area contributed by atoms with Gasteiger partial charge >= 0.3 is 0 Å². The molecule has 1 aromatic carbocycles. The van der Waals surface area contributed by atoms with Gasteiger partial charge in [0.2, 0.25) is 5.91 Å². The van der Waals surface area contributed by atoms with Crippen LogP contribution in [0.4, 0.5) is 19.0 Å². The Morgan fingerprint density at radius 3 is 2.58 bits per heavy atom. The number of hydrogen-bond acceptors (Lipinski definition) is 6. The van der Waals surface area contributed by atoms with Crippen molar-refractivity contribution in [3.05, 3.63) is 68.4 Å². The molecule has 11 heteroatoms. The third kappa shape index (κ3) is 5.86. The summed E-state index contributed by atoms with van der Waals surface area (Å²) in [6.07, 6.45) is -0.684. The number of amides is 1. The zero-order valence-corrected chi connectivity index (χ0v) is 24.7. The number of rotatable bonds is 5. The summed E-state index contributed by atoms with van der Waals surface area (Å²) in [4.78, 5) is 32.1. The Morgan fingerprint density at radius 2 is 1.95 bits per heavy atom. The summed E-state index contributed by atoms with van der Waals surface area (Å²) in [6.45, 7) is 6.35. The van der Waals surface area contributed by atoms with Gasteiger partial charge in [0.15, 0.2) is 0 Å². The van der Waals surface area contributed by atoms with Gasteiger partial charge in [-0.1, -0.05) is 30.0 Å². The number of carbonyl (C=O) groups excluding carboxylic acids is 1. The highest BCUT2D eigenvalue weighted by Crippen LogP contribution is 2.36. The number of anilines is 1. The quantitative estimate of drug-likeness (QED) is 0.378. The van der Waals surface area contributed by atoms with Gasteiger partial charge in [-0.25, -0.2) is 18.2 Å². The van der Waals surface area contributed by atoms with E-state index >= 15 is 4.39 Å². The van der Waals surface area contributed by atoms with Crippen molar-refractivity contribution >= 4 is 22.6 Å². The van der Waals surface area contributed by atoms with Gasteiger partial charge in [-0.05, 0) is 52.1 Å². The number of nitrogens with zero attached hydrogens (tertiary/aromatic N) is 3. The first kappa shape index (κ1) is 30.6. The number of likely N-dealkylation sites (tertiary alicyclic amines) is 1. The second-order valence-corrected chi connectivity index (χ2v) is 11.5. The number of hydrogen-bond donors (Lipinski definition) is 3. The Labute approximate surface area is 248 Å². The third-order valence-electron chi connectivity index (χ3n) is 8.63. The lowest BCUT2D eigenvalue weighted by Gasteiger charge is -2.38. The maximum absolute atomic E-state index is 15.1. The molecule has 2 atom stereocenters. The minimum atomic E-state index is -2.96. The molecule has 0 aliphatic carbocycles. The van der Waals surface area contributed by atoms with Crippen molar-refractivity contribution in [1.29, 1.82) is 0 Å². The van der Waals surface area contributed by atoms with Crippen molar-refractivity contribution in [3.63, 3.8) is 0 Å². The molecule has 2 fully saturated rings. The molecule has 8 nitrogen and oxygen atoms in total. The molecule has 0 spiro atoms. The highest BCUT2D eigenvalue weighted by molar-refractivity contribution is 5.95. The van der Waals surface area contributed by atoms with Crippen LogP contribution in [0.3, 0.4) is 0 Å². The van der Waals surface area contributed by atoms with Crippen molar-refractivity contribution in [3.8, 4) is 11.8 Å². The topological polar surface area (TPSA) is 99.5 Å². The number of benzene rings is 1. The summed E-state index contributed by atoms with van der Waals surface area (Å²) < 4.78 is 43.4. The smallest absolute Gasteiger partial charge is 0.266 e. The third-order valence-corrected chi connectivity index (χ3v) is 8.63. The molecule has 5 rings (SSSR count). The predicted molar refractivity (Wildman–Crippen MR) is 158 cm³/mol. The van der Waals surface area contributed by atoms with Crippen molar-refractivity contribution in [2.24, 2.45) is 7.05 Å². The molecule has 0 saturated carbocycles. The molecule has 43 heavy (non-hydrogen) atoms. The second kappa shape index (κ2) is 12.0. The van der Waals surface area contributed by atoms with E-state index in [0.29, 0.717) is 41.1 Å². The summed E-state index contributed by atoms with van der Waals surface area (Å²) in [5, 5.41) is 18.7. The largest absolute Gasteiger partial charge is 0.385 e. The van der Waals surface area contributed by atoms with Gasteiger partial charge < -0.3 is 25.2 Å². The van der Waals surface area contributed by atoms with Crippen LogP contribution in [0.25, 0.3) is 10.9 Å². The van der Waals surface area contributed by atoms with E-state index in [9.17, 15) is 23.5 Å². The van der Waals surface area contributed by atoms with E-state index in [-0.39, 0.29) is 35.9 Å². The van der Waals surface area contributed by atoms with Crippen LogP contribution in [0.5, 0.6) is 0 Å². The fraction of sp³-hybridized carbons (Fsp3) is 0.469. The van der Waals surface area contributed by atoms with E-state index in [1.54, 1.807) is 31.9 Å². The van der Waals surface area contributed by atoms with E-state index < -0.39 is 35.0 Å². The fourth-order valence-electron chi connectivity index (χ4n) is 6.05. The number of nitrogens with one attached hydrogen (secondary N) is 2. The second-order valence-electron chi connectivity index (χ2n) is 11.5. The first-order valence-electron chi connectivity index (χ1n) is 14.5. The SMILES string of the molecule is CC(=O)N1CCC(O)(c2cc3c(N[C@H](C)c4cccc(C(F)F)c4F)nc(C)c(C#C[C@@H]4CCCN4)c3n(C)c2=O)CC1. The zero-order valence-electron chi connectivity index (χ0n) is 24.7. The highest BCUT2D eigenvalue weighted by Gasteiger charge is 2.38. The van der Waals surface area contributed by atoms with Crippen LogP contribution in [0.2, 0.25) is 0 Å². The molecule has 0 bridgehead atoms. The van der Waals surface area contributed by atoms with E-state index in [1.807, 2.05) is 0 Å². The van der Waals surface area contributed by atoms with Crippen molar-refractivity contribution in [2.75, 3.05) is 25.0 Å². The van der Waals surface area contributed by atoms with Crippen molar-refractivity contribution in [2.45, 2.75) is 70.6 Å². The first-order chi connectivity index (χ1) is 20.4. The molecule has 0 unspecified atom stereocenters. The van der Waals surface area contributed by atoms with E-state index in [1.165, 1.54) is 23.6 Å². The van der Waals surface area contributed by atoms with Gasteiger partial charge in [0, 0.05) is 43.6 Å². The number of fused-ring (bicyclic) bond motifs is 1. The van der Waals surface area contributed by atoms with Crippen LogP contribution < -0.4 is 16.2 Å². The van der Waals surface area contributed by atoms with Crippen LogP contribution in [-0.2, 0) is 17.4 Å². The van der Waals surface area contributed by atoms with Crippen LogP contribution >= 0.6 is 0 Å². The van der Waals surface area contributed by atoms with Crippen molar-refractivity contribution in [1.82, 2.24) is 19.8 Å². The monoisotopic (exact) mass is 595 g/mol. The Bertz CT molecular complexity index is 1680. The maximum atomic E-state index is 15.1. The lowest BCUT2D eigenvalue weighted by Crippen LogP contribution is -2.47. The summed E-state index contributed by atoms with van der Waals surface area (Å²) in [5.74, 6) is 5.67. The summed E-state index contributed by atoms with van der Waals surface area (Å²) in [5.41, 5.74) is -0.781. The summed E-state index contributed by atoms with van der Waals surface area (Å²) in [7, 11) is 1.61. The van der Waals surface area contributed by atoms with Crippen LogP contribution in [-0.4, -0.2) is 51.1 Å². The molecule has 228 valence electrons. The number of carbonyl (C=O) groups is 1. The molecule has 4 heterocycles. The Kier molecular flexibility index (Phi) is 8.54. The zero-order chi connectivity index (χ0) is 31.1. The van der Waals surface area contributed by atoms with Crippen LogP contribution in [0.1, 0.15) is 79.9 Å². The number of alkyl halides is 2. The number of pyridine rings is 2.